The number of aromatic nitrogens is 1. The van der Waals surface area contributed by atoms with Crippen LogP contribution in [-0.4, -0.2) is 11.5 Å². The molecule has 108 valence electrons. The topological polar surface area (TPSA) is 38.1 Å². The smallest absolute Gasteiger partial charge is 0.134 e. The lowest BCUT2D eigenvalue weighted by Crippen LogP contribution is -2.21. The number of benzene rings is 1. The Morgan fingerprint density at radius 1 is 1.29 bits per heavy atom. The van der Waals surface area contributed by atoms with Gasteiger partial charge in [0.25, 0.3) is 0 Å². The van der Waals surface area contributed by atoms with E-state index in [4.69, 9.17) is 4.42 Å². The number of nitrogens with zero attached hydrogens (tertiary/aromatic N) is 1. The zero-order valence-corrected chi connectivity index (χ0v) is 13.0. The van der Waals surface area contributed by atoms with Crippen molar-refractivity contribution in [2.75, 3.05) is 6.54 Å². The maximum Gasteiger partial charge on any atom is 0.134 e. The second-order valence-electron chi connectivity index (χ2n) is 4.76. The molecule has 0 saturated carbocycles. The van der Waals surface area contributed by atoms with Crippen LogP contribution in [0.15, 0.2) is 51.6 Å². The zero-order valence-electron chi connectivity index (χ0n) is 11.4. The Balaban J connectivity index is 2.06. The zero-order chi connectivity index (χ0) is 14.8. The molecule has 0 radical (unpaired) electrons. The summed E-state index contributed by atoms with van der Waals surface area (Å²) >= 11 is 3.43. The van der Waals surface area contributed by atoms with Crippen molar-refractivity contribution in [1.82, 2.24) is 10.3 Å². The number of pyridine rings is 1. The van der Waals surface area contributed by atoms with Crippen LogP contribution in [0.3, 0.4) is 0 Å². The summed E-state index contributed by atoms with van der Waals surface area (Å²) in [5.41, 5.74) is 1.67. The maximum absolute atomic E-state index is 13.3. The molecule has 1 unspecified atom stereocenters. The highest BCUT2D eigenvalue weighted by molar-refractivity contribution is 9.10. The summed E-state index contributed by atoms with van der Waals surface area (Å²) in [6.07, 6.45) is 3.53. The van der Waals surface area contributed by atoms with Gasteiger partial charge >= 0.3 is 0 Å². The molecular formula is C16H14BrFN2O. The van der Waals surface area contributed by atoms with E-state index in [1.807, 2.05) is 19.1 Å². The van der Waals surface area contributed by atoms with Gasteiger partial charge in [0.05, 0.1) is 6.04 Å². The molecule has 0 aliphatic rings. The third-order valence-corrected chi connectivity index (χ3v) is 3.68. The van der Waals surface area contributed by atoms with E-state index in [9.17, 15) is 4.39 Å². The van der Waals surface area contributed by atoms with Gasteiger partial charge in [-0.25, -0.2) is 4.39 Å². The molecule has 0 bridgehead atoms. The third-order valence-electron chi connectivity index (χ3n) is 3.25. The number of nitrogens with one attached hydrogen (secondary N) is 1. The second-order valence-corrected chi connectivity index (χ2v) is 5.67. The fraction of sp³-hybridized carbons (Fsp3) is 0.188. The molecule has 0 aliphatic carbocycles. The predicted molar refractivity (Wildman–Crippen MR) is 83.6 cm³/mol. The molecule has 1 atom stereocenters. The van der Waals surface area contributed by atoms with E-state index in [2.05, 4.69) is 26.2 Å². The molecule has 0 saturated heterocycles. The van der Waals surface area contributed by atoms with E-state index in [1.54, 1.807) is 18.5 Å². The molecule has 0 fully saturated rings. The van der Waals surface area contributed by atoms with Gasteiger partial charge in [0.15, 0.2) is 0 Å². The normalized spacial score (nSPS) is 12.7. The first kappa shape index (κ1) is 14.2. The summed E-state index contributed by atoms with van der Waals surface area (Å²) in [6, 6.07) is 8.27. The minimum Gasteiger partial charge on any atom is -0.459 e. The van der Waals surface area contributed by atoms with Crippen LogP contribution in [0.5, 0.6) is 0 Å². The van der Waals surface area contributed by atoms with Crippen molar-refractivity contribution in [3.63, 3.8) is 0 Å². The van der Waals surface area contributed by atoms with E-state index < -0.39 is 0 Å². The Kier molecular flexibility index (Phi) is 4.03. The van der Waals surface area contributed by atoms with Gasteiger partial charge in [-0.15, -0.1) is 0 Å². The standard InChI is InChI=1S/C16H14BrFN2O/c1-2-20-16(11-5-12(17)9-19-8-11)15-7-10-6-13(18)3-4-14(10)21-15/h3-9,16,20H,2H2,1H3. The van der Waals surface area contributed by atoms with Crippen LogP contribution in [-0.2, 0) is 0 Å². The largest absolute Gasteiger partial charge is 0.459 e. The molecule has 3 rings (SSSR count). The van der Waals surface area contributed by atoms with E-state index in [-0.39, 0.29) is 11.9 Å². The van der Waals surface area contributed by atoms with Gasteiger partial charge in [0.1, 0.15) is 17.2 Å². The summed E-state index contributed by atoms with van der Waals surface area (Å²) < 4.78 is 20.1. The van der Waals surface area contributed by atoms with Crippen molar-refractivity contribution < 1.29 is 8.81 Å². The fourth-order valence-electron chi connectivity index (χ4n) is 2.35. The summed E-state index contributed by atoms with van der Waals surface area (Å²) in [6.45, 7) is 2.81. The molecule has 0 amide bonds. The van der Waals surface area contributed by atoms with Gasteiger partial charge in [-0.05, 0) is 58.4 Å². The number of halogens is 2. The van der Waals surface area contributed by atoms with Crippen molar-refractivity contribution in [2.24, 2.45) is 0 Å². The maximum atomic E-state index is 13.3. The van der Waals surface area contributed by atoms with Crippen molar-refractivity contribution >= 4 is 26.9 Å². The second kappa shape index (κ2) is 5.95. The molecule has 3 aromatic rings. The Bertz CT molecular complexity index is 772. The first-order valence-corrected chi connectivity index (χ1v) is 7.49. The Morgan fingerprint density at radius 3 is 2.90 bits per heavy atom. The number of hydrogen-bond donors (Lipinski definition) is 1. The molecule has 5 heteroatoms. The number of rotatable bonds is 4. The molecule has 1 aromatic carbocycles. The molecule has 21 heavy (non-hydrogen) atoms. The average Bonchev–Trinajstić information content (AvgIpc) is 2.87. The summed E-state index contributed by atoms with van der Waals surface area (Å²) in [5.74, 6) is 0.483. The van der Waals surface area contributed by atoms with E-state index in [0.29, 0.717) is 5.58 Å². The van der Waals surface area contributed by atoms with Crippen LogP contribution in [0.1, 0.15) is 24.3 Å². The molecule has 0 spiro atoms. The minimum absolute atomic E-state index is 0.115. The highest BCUT2D eigenvalue weighted by Crippen LogP contribution is 2.29. The molecule has 0 aliphatic heterocycles. The van der Waals surface area contributed by atoms with Crippen LogP contribution in [0.2, 0.25) is 0 Å². The van der Waals surface area contributed by atoms with Gasteiger partial charge in [0, 0.05) is 22.3 Å². The molecule has 2 aromatic heterocycles. The highest BCUT2D eigenvalue weighted by Gasteiger charge is 2.18. The van der Waals surface area contributed by atoms with Crippen molar-refractivity contribution in [2.45, 2.75) is 13.0 Å². The van der Waals surface area contributed by atoms with E-state index >= 15 is 0 Å². The quantitative estimate of drug-likeness (QED) is 0.757. The summed E-state index contributed by atoms with van der Waals surface area (Å²) in [7, 11) is 0. The van der Waals surface area contributed by atoms with E-state index in [0.717, 1.165) is 27.7 Å². The van der Waals surface area contributed by atoms with Crippen LogP contribution >= 0.6 is 15.9 Å². The Morgan fingerprint density at radius 2 is 2.14 bits per heavy atom. The van der Waals surface area contributed by atoms with Gasteiger partial charge in [-0.3, -0.25) is 4.98 Å². The van der Waals surface area contributed by atoms with Crippen molar-refractivity contribution in [3.05, 3.63) is 64.3 Å². The molecular weight excluding hydrogens is 335 g/mol. The predicted octanol–water partition coefficient (Wildman–Crippen LogP) is 4.43. The Hall–Kier alpha value is -1.72. The number of furan rings is 1. The van der Waals surface area contributed by atoms with Gasteiger partial charge in [0.2, 0.25) is 0 Å². The lowest BCUT2D eigenvalue weighted by Gasteiger charge is -2.15. The number of hydrogen-bond acceptors (Lipinski definition) is 3. The third kappa shape index (κ3) is 2.99. The first-order chi connectivity index (χ1) is 10.2. The molecule has 2 heterocycles. The van der Waals surface area contributed by atoms with Crippen LogP contribution in [0.25, 0.3) is 11.0 Å². The van der Waals surface area contributed by atoms with Gasteiger partial charge < -0.3 is 9.73 Å². The van der Waals surface area contributed by atoms with Gasteiger partial charge in [-0.2, -0.15) is 0 Å². The van der Waals surface area contributed by atoms with E-state index in [1.165, 1.54) is 12.1 Å². The number of fused-ring (bicyclic) bond motifs is 1. The average molecular weight is 349 g/mol. The Labute approximate surface area is 130 Å². The molecule has 3 nitrogen and oxygen atoms in total. The van der Waals surface area contributed by atoms with Crippen LogP contribution in [0, 0.1) is 5.82 Å². The van der Waals surface area contributed by atoms with Crippen LogP contribution < -0.4 is 5.32 Å². The fourth-order valence-corrected chi connectivity index (χ4v) is 2.73. The lowest BCUT2D eigenvalue weighted by molar-refractivity contribution is 0.476. The highest BCUT2D eigenvalue weighted by atomic mass is 79.9. The lowest BCUT2D eigenvalue weighted by atomic mass is 10.1. The first-order valence-electron chi connectivity index (χ1n) is 6.70. The SMILES string of the molecule is CCNC(c1cncc(Br)c1)c1cc2cc(F)ccc2o1. The monoisotopic (exact) mass is 348 g/mol. The van der Waals surface area contributed by atoms with Crippen LogP contribution in [0.4, 0.5) is 4.39 Å². The minimum atomic E-state index is -0.265. The summed E-state index contributed by atoms with van der Waals surface area (Å²) in [4.78, 5) is 4.19. The van der Waals surface area contributed by atoms with Gasteiger partial charge in [-0.1, -0.05) is 6.92 Å². The van der Waals surface area contributed by atoms with Crippen molar-refractivity contribution in [1.29, 1.82) is 0 Å². The van der Waals surface area contributed by atoms with Crippen molar-refractivity contribution in [3.8, 4) is 0 Å². The summed E-state index contributed by atoms with van der Waals surface area (Å²) in [5, 5.41) is 4.13. The molecule has 1 N–H and O–H groups in total.